The van der Waals surface area contributed by atoms with E-state index in [0.717, 1.165) is 19.3 Å². The van der Waals surface area contributed by atoms with Crippen LogP contribution in [-0.4, -0.2) is 43.8 Å². The third kappa shape index (κ3) is 5.54. The Labute approximate surface area is 164 Å². The molecule has 0 bridgehead atoms. The van der Waals surface area contributed by atoms with Crippen LogP contribution >= 0.6 is 11.6 Å². The van der Waals surface area contributed by atoms with Crippen LogP contribution in [0.4, 0.5) is 5.69 Å². The summed E-state index contributed by atoms with van der Waals surface area (Å²) in [5.41, 5.74) is 0.147. The first kappa shape index (κ1) is 21.4. The molecule has 1 aromatic carbocycles. The standard InChI is InChI=1S/C18H23ClN2O5S/c1-3-7-17(22)26-13(2)18(23)20-16-12-14(8-9-15(16)19)27(24,25)21-10-5-4-6-11-21/h3,7-9,12-13H,4-6,10-11H2,1-2H3,(H,20,23)/b7-3+/t13-/m0/s1. The number of piperidine rings is 1. The van der Waals surface area contributed by atoms with Crippen LogP contribution in [0.25, 0.3) is 0 Å². The van der Waals surface area contributed by atoms with Crippen molar-refractivity contribution < 1.29 is 22.7 Å². The number of esters is 1. The fourth-order valence-electron chi connectivity index (χ4n) is 2.65. The third-order valence-corrected chi connectivity index (χ3v) is 6.34. The van der Waals surface area contributed by atoms with Crippen LogP contribution in [0, 0.1) is 0 Å². The van der Waals surface area contributed by atoms with E-state index >= 15 is 0 Å². The second-order valence-corrected chi connectivity index (χ2v) is 8.52. The molecule has 1 heterocycles. The molecular formula is C18H23ClN2O5S. The number of halogens is 1. The maximum Gasteiger partial charge on any atom is 0.331 e. The van der Waals surface area contributed by atoms with Gasteiger partial charge in [0, 0.05) is 19.2 Å². The van der Waals surface area contributed by atoms with Gasteiger partial charge in [-0.1, -0.05) is 24.1 Å². The molecule has 7 nitrogen and oxygen atoms in total. The third-order valence-electron chi connectivity index (χ3n) is 4.11. The lowest BCUT2D eigenvalue weighted by Crippen LogP contribution is -2.35. The zero-order valence-electron chi connectivity index (χ0n) is 15.3. The Morgan fingerprint density at radius 2 is 1.93 bits per heavy atom. The normalized spacial score (nSPS) is 16.9. The number of amides is 1. The van der Waals surface area contributed by atoms with Crippen molar-refractivity contribution in [1.29, 1.82) is 0 Å². The van der Waals surface area contributed by atoms with Crippen LogP contribution < -0.4 is 5.32 Å². The van der Waals surface area contributed by atoms with Crippen molar-refractivity contribution in [2.45, 2.75) is 44.1 Å². The maximum absolute atomic E-state index is 12.8. The number of allylic oxidation sites excluding steroid dienone is 1. The number of nitrogens with one attached hydrogen (secondary N) is 1. The van der Waals surface area contributed by atoms with Crippen molar-refractivity contribution in [2.24, 2.45) is 0 Å². The lowest BCUT2D eigenvalue weighted by Gasteiger charge is -2.26. The zero-order valence-corrected chi connectivity index (χ0v) is 16.8. The first-order valence-corrected chi connectivity index (χ1v) is 10.5. The quantitative estimate of drug-likeness (QED) is 0.570. The Kier molecular flexibility index (Phi) is 7.41. The largest absolute Gasteiger partial charge is 0.449 e. The average Bonchev–Trinajstić information content (AvgIpc) is 2.64. The van der Waals surface area contributed by atoms with Crippen molar-refractivity contribution >= 4 is 39.2 Å². The number of benzene rings is 1. The lowest BCUT2D eigenvalue weighted by molar-refractivity contribution is -0.148. The summed E-state index contributed by atoms with van der Waals surface area (Å²) in [6.45, 7) is 4.02. The first-order chi connectivity index (χ1) is 12.8. The molecule has 1 atom stereocenters. The first-order valence-electron chi connectivity index (χ1n) is 8.69. The van der Waals surface area contributed by atoms with Gasteiger partial charge < -0.3 is 10.1 Å². The summed E-state index contributed by atoms with van der Waals surface area (Å²) < 4.78 is 31.9. The van der Waals surface area contributed by atoms with E-state index in [2.05, 4.69) is 5.32 Å². The summed E-state index contributed by atoms with van der Waals surface area (Å²) in [6, 6.07) is 4.16. The van der Waals surface area contributed by atoms with Crippen molar-refractivity contribution in [1.82, 2.24) is 4.31 Å². The second-order valence-electron chi connectivity index (χ2n) is 6.17. The number of carbonyl (C=O) groups excluding carboxylic acids is 2. The molecule has 1 amide bonds. The molecular weight excluding hydrogens is 392 g/mol. The lowest BCUT2D eigenvalue weighted by atomic mass is 10.2. The van der Waals surface area contributed by atoms with E-state index in [1.54, 1.807) is 6.92 Å². The molecule has 1 aliphatic heterocycles. The Bertz CT molecular complexity index is 832. The predicted molar refractivity (Wildman–Crippen MR) is 103 cm³/mol. The van der Waals surface area contributed by atoms with E-state index in [4.69, 9.17) is 16.3 Å². The van der Waals surface area contributed by atoms with E-state index in [0.29, 0.717) is 13.1 Å². The Balaban J connectivity index is 2.17. The van der Waals surface area contributed by atoms with Gasteiger partial charge in [0.1, 0.15) is 0 Å². The van der Waals surface area contributed by atoms with Crippen LogP contribution in [0.3, 0.4) is 0 Å². The topological polar surface area (TPSA) is 92.8 Å². The summed E-state index contributed by atoms with van der Waals surface area (Å²) >= 11 is 6.09. The highest BCUT2D eigenvalue weighted by molar-refractivity contribution is 7.89. The summed E-state index contributed by atoms with van der Waals surface area (Å²) in [5, 5.41) is 2.71. The van der Waals surface area contributed by atoms with Crippen molar-refractivity contribution in [3.05, 3.63) is 35.4 Å². The molecule has 0 unspecified atom stereocenters. The van der Waals surface area contributed by atoms with Gasteiger partial charge in [0.25, 0.3) is 5.91 Å². The monoisotopic (exact) mass is 414 g/mol. The van der Waals surface area contributed by atoms with Gasteiger partial charge in [-0.25, -0.2) is 13.2 Å². The number of anilines is 1. The Morgan fingerprint density at radius 1 is 1.26 bits per heavy atom. The number of rotatable bonds is 6. The van der Waals surface area contributed by atoms with Gasteiger partial charge in [-0.05, 0) is 44.9 Å². The molecule has 1 aromatic rings. The smallest absolute Gasteiger partial charge is 0.331 e. The van der Waals surface area contributed by atoms with Crippen LogP contribution in [0.5, 0.6) is 0 Å². The number of carbonyl (C=O) groups is 2. The fraction of sp³-hybridized carbons (Fsp3) is 0.444. The van der Waals surface area contributed by atoms with Gasteiger partial charge in [0.2, 0.25) is 10.0 Å². The minimum Gasteiger partial charge on any atom is -0.449 e. The molecule has 0 saturated carbocycles. The van der Waals surface area contributed by atoms with Gasteiger partial charge in [0.15, 0.2) is 6.10 Å². The average molecular weight is 415 g/mol. The molecule has 1 N–H and O–H groups in total. The highest BCUT2D eigenvalue weighted by atomic mass is 35.5. The van der Waals surface area contributed by atoms with Gasteiger partial charge in [-0.3, -0.25) is 4.79 Å². The number of hydrogen-bond donors (Lipinski definition) is 1. The molecule has 1 saturated heterocycles. The molecule has 0 radical (unpaired) electrons. The van der Waals surface area contributed by atoms with E-state index < -0.39 is 28.0 Å². The van der Waals surface area contributed by atoms with Gasteiger partial charge in [0.05, 0.1) is 15.6 Å². The molecule has 148 valence electrons. The molecule has 0 aromatic heterocycles. The van der Waals surface area contributed by atoms with Gasteiger partial charge in [-0.15, -0.1) is 0 Å². The fourth-order valence-corrected chi connectivity index (χ4v) is 4.36. The van der Waals surface area contributed by atoms with Crippen LogP contribution in [0.15, 0.2) is 35.2 Å². The van der Waals surface area contributed by atoms with Crippen LogP contribution in [-0.2, 0) is 24.3 Å². The molecule has 1 aliphatic rings. The van der Waals surface area contributed by atoms with Crippen LogP contribution in [0.2, 0.25) is 5.02 Å². The molecule has 0 spiro atoms. The Morgan fingerprint density at radius 3 is 2.56 bits per heavy atom. The SMILES string of the molecule is C/C=C/C(=O)O[C@@H](C)C(=O)Nc1cc(S(=O)(=O)N2CCCCC2)ccc1Cl. The molecule has 27 heavy (non-hydrogen) atoms. The number of ether oxygens (including phenoxy) is 1. The summed E-state index contributed by atoms with van der Waals surface area (Å²) in [5.74, 6) is -1.25. The van der Waals surface area contributed by atoms with Gasteiger partial charge in [-0.2, -0.15) is 4.31 Å². The maximum atomic E-state index is 12.8. The van der Waals surface area contributed by atoms with Gasteiger partial charge >= 0.3 is 5.97 Å². The highest BCUT2D eigenvalue weighted by Gasteiger charge is 2.27. The Hall–Kier alpha value is -1.90. The summed E-state index contributed by atoms with van der Waals surface area (Å²) in [6.07, 6.45) is 4.29. The van der Waals surface area contributed by atoms with E-state index in [9.17, 15) is 18.0 Å². The molecule has 2 rings (SSSR count). The minimum atomic E-state index is -3.65. The van der Waals surface area contributed by atoms with E-state index in [-0.39, 0.29) is 15.6 Å². The number of hydrogen-bond acceptors (Lipinski definition) is 5. The van der Waals surface area contributed by atoms with Crippen molar-refractivity contribution in [3.8, 4) is 0 Å². The van der Waals surface area contributed by atoms with Crippen LogP contribution in [0.1, 0.15) is 33.1 Å². The number of sulfonamides is 1. The zero-order chi connectivity index (χ0) is 20.0. The van der Waals surface area contributed by atoms with E-state index in [1.165, 1.54) is 41.6 Å². The summed E-state index contributed by atoms with van der Waals surface area (Å²) in [7, 11) is -3.65. The molecule has 0 aliphatic carbocycles. The van der Waals surface area contributed by atoms with E-state index in [1.807, 2.05) is 0 Å². The minimum absolute atomic E-state index is 0.0580. The number of nitrogens with zero attached hydrogens (tertiary/aromatic N) is 1. The summed E-state index contributed by atoms with van der Waals surface area (Å²) in [4.78, 5) is 23.7. The molecule has 1 fully saturated rings. The second kappa shape index (κ2) is 9.34. The van der Waals surface area contributed by atoms with Crippen molar-refractivity contribution in [3.63, 3.8) is 0 Å². The highest BCUT2D eigenvalue weighted by Crippen LogP contribution is 2.28. The predicted octanol–water partition coefficient (Wildman–Crippen LogP) is 2.96. The van der Waals surface area contributed by atoms with Crippen molar-refractivity contribution in [2.75, 3.05) is 18.4 Å². The molecule has 9 heteroatoms.